The van der Waals surface area contributed by atoms with Crippen LogP contribution >= 0.6 is 0 Å². The molecule has 3 aromatic rings. The summed E-state index contributed by atoms with van der Waals surface area (Å²) in [4.78, 5) is 25.4. The number of nitrogens with zero attached hydrogens (tertiary/aromatic N) is 2. The maximum absolute atomic E-state index is 12.8. The molecule has 6 heteroatoms. The Hall–Kier alpha value is -3.28. The molecule has 0 fully saturated rings. The first-order chi connectivity index (χ1) is 10.7. The van der Waals surface area contributed by atoms with Crippen LogP contribution in [0.4, 0.5) is 5.88 Å². The number of hydrogen-bond acceptors (Lipinski definition) is 6. The third-order valence-corrected chi connectivity index (χ3v) is 3.72. The Kier molecular flexibility index (Phi) is 2.47. The predicted octanol–water partition coefficient (Wildman–Crippen LogP) is 2.09. The molecule has 1 aliphatic carbocycles. The molecule has 22 heavy (non-hydrogen) atoms. The van der Waals surface area contributed by atoms with Crippen molar-refractivity contribution in [3.63, 3.8) is 0 Å². The minimum atomic E-state index is -0.233. The molecule has 1 heterocycles. The molecule has 0 spiro atoms. The van der Waals surface area contributed by atoms with Gasteiger partial charge in [0.1, 0.15) is 0 Å². The third-order valence-electron chi connectivity index (χ3n) is 3.72. The van der Waals surface area contributed by atoms with Gasteiger partial charge in [0.15, 0.2) is 17.3 Å². The second kappa shape index (κ2) is 4.36. The smallest absolute Gasteiger partial charge is 0.250 e. The van der Waals surface area contributed by atoms with Gasteiger partial charge in [-0.25, -0.2) is 0 Å². The standard InChI is InChI=1S/C16H9N3O3/c17-16-13(18-19-22-16)10-6-3-7-11-12(10)15(21)9-5-2-1-4-8(9)14(11)20/h1-7H,17H2. The van der Waals surface area contributed by atoms with Crippen molar-refractivity contribution < 1.29 is 14.1 Å². The summed E-state index contributed by atoms with van der Waals surface area (Å²) in [6, 6.07) is 11.7. The summed E-state index contributed by atoms with van der Waals surface area (Å²) in [5.74, 6) is -0.419. The van der Waals surface area contributed by atoms with Gasteiger partial charge in [-0.1, -0.05) is 42.5 Å². The van der Waals surface area contributed by atoms with E-state index in [0.717, 1.165) is 0 Å². The normalized spacial score (nSPS) is 12.9. The quantitative estimate of drug-likeness (QED) is 0.576. The van der Waals surface area contributed by atoms with Crippen molar-refractivity contribution in [2.24, 2.45) is 0 Å². The van der Waals surface area contributed by atoms with Crippen LogP contribution in [0.2, 0.25) is 0 Å². The van der Waals surface area contributed by atoms with Crippen LogP contribution in [-0.4, -0.2) is 21.9 Å². The molecule has 0 atom stereocenters. The van der Waals surface area contributed by atoms with E-state index in [9.17, 15) is 9.59 Å². The molecule has 1 aromatic heterocycles. The Labute approximate surface area is 124 Å². The average molecular weight is 291 g/mol. The molecular weight excluding hydrogens is 282 g/mol. The summed E-state index contributed by atoms with van der Waals surface area (Å²) in [5.41, 5.74) is 7.81. The Balaban J connectivity index is 2.04. The lowest BCUT2D eigenvalue weighted by atomic mass is 9.81. The largest absolute Gasteiger partial charge is 0.366 e. The van der Waals surface area contributed by atoms with E-state index in [2.05, 4.69) is 10.4 Å². The highest BCUT2D eigenvalue weighted by Gasteiger charge is 2.32. The van der Waals surface area contributed by atoms with Gasteiger partial charge >= 0.3 is 0 Å². The summed E-state index contributed by atoms with van der Waals surface area (Å²) in [6.07, 6.45) is 0. The molecule has 106 valence electrons. The molecule has 0 bridgehead atoms. The molecule has 2 N–H and O–H groups in total. The van der Waals surface area contributed by atoms with Gasteiger partial charge in [-0.3, -0.25) is 9.59 Å². The van der Waals surface area contributed by atoms with Crippen LogP contribution in [-0.2, 0) is 0 Å². The number of benzene rings is 2. The zero-order valence-electron chi connectivity index (χ0n) is 11.2. The fraction of sp³-hybridized carbons (Fsp3) is 0. The van der Waals surface area contributed by atoms with Gasteiger partial charge in [-0.2, -0.15) is 0 Å². The molecule has 0 unspecified atom stereocenters. The second-order valence-electron chi connectivity index (χ2n) is 4.92. The number of hydrogen-bond donors (Lipinski definition) is 1. The molecule has 0 radical (unpaired) electrons. The number of rotatable bonds is 1. The zero-order chi connectivity index (χ0) is 15.3. The summed E-state index contributed by atoms with van der Waals surface area (Å²) in [6.45, 7) is 0. The summed E-state index contributed by atoms with van der Waals surface area (Å²) >= 11 is 0. The van der Waals surface area contributed by atoms with Gasteiger partial charge in [-0.15, -0.1) is 5.10 Å². The summed E-state index contributed by atoms with van der Waals surface area (Å²) in [5, 5.41) is 7.19. The van der Waals surface area contributed by atoms with E-state index in [1.165, 1.54) is 0 Å². The molecule has 4 rings (SSSR count). The van der Waals surface area contributed by atoms with Crippen molar-refractivity contribution in [2.45, 2.75) is 0 Å². The highest BCUT2D eigenvalue weighted by molar-refractivity contribution is 6.30. The molecule has 2 aromatic carbocycles. The highest BCUT2D eigenvalue weighted by Crippen LogP contribution is 2.35. The van der Waals surface area contributed by atoms with E-state index >= 15 is 0 Å². The number of fused-ring (bicyclic) bond motifs is 2. The van der Waals surface area contributed by atoms with Crippen molar-refractivity contribution in [2.75, 3.05) is 5.73 Å². The SMILES string of the molecule is Nc1onnc1-c1cccc2c1C(=O)c1ccccc1C2=O. The first-order valence-electron chi connectivity index (χ1n) is 6.58. The Bertz CT molecular complexity index is 943. The lowest BCUT2D eigenvalue weighted by Gasteiger charge is -2.19. The molecule has 0 saturated carbocycles. The van der Waals surface area contributed by atoms with Gasteiger partial charge in [0.05, 0.1) is 0 Å². The maximum Gasteiger partial charge on any atom is 0.250 e. The topological polar surface area (TPSA) is 99.1 Å². The van der Waals surface area contributed by atoms with Crippen LogP contribution < -0.4 is 5.73 Å². The number of aromatic nitrogens is 2. The van der Waals surface area contributed by atoms with Gasteiger partial charge in [0.2, 0.25) is 0 Å². The van der Waals surface area contributed by atoms with E-state index < -0.39 is 0 Å². The van der Waals surface area contributed by atoms with E-state index in [-0.39, 0.29) is 28.7 Å². The number of carbonyl (C=O) groups is 2. The Morgan fingerprint density at radius 1 is 0.818 bits per heavy atom. The van der Waals surface area contributed by atoms with Gasteiger partial charge in [0, 0.05) is 33.1 Å². The van der Waals surface area contributed by atoms with Crippen molar-refractivity contribution in [1.82, 2.24) is 10.4 Å². The van der Waals surface area contributed by atoms with Gasteiger partial charge in [-0.05, 0) is 0 Å². The molecule has 0 amide bonds. The monoisotopic (exact) mass is 291 g/mol. The molecule has 0 saturated heterocycles. The molecule has 0 aliphatic heterocycles. The molecule has 1 aliphatic rings. The summed E-state index contributed by atoms with van der Waals surface area (Å²) in [7, 11) is 0. The second-order valence-corrected chi connectivity index (χ2v) is 4.92. The molecule has 6 nitrogen and oxygen atoms in total. The number of anilines is 1. The van der Waals surface area contributed by atoms with Crippen LogP contribution in [0, 0.1) is 0 Å². The fourth-order valence-corrected chi connectivity index (χ4v) is 2.73. The van der Waals surface area contributed by atoms with Crippen LogP contribution in [0.3, 0.4) is 0 Å². The highest BCUT2D eigenvalue weighted by atomic mass is 16.5. The van der Waals surface area contributed by atoms with Crippen molar-refractivity contribution >= 4 is 17.5 Å². The van der Waals surface area contributed by atoms with Crippen LogP contribution in [0.15, 0.2) is 47.0 Å². The van der Waals surface area contributed by atoms with E-state index in [1.54, 1.807) is 42.5 Å². The minimum absolute atomic E-state index is 0.00695. The Morgan fingerprint density at radius 3 is 2.14 bits per heavy atom. The molecular formula is C16H9N3O3. The lowest BCUT2D eigenvalue weighted by Crippen LogP contribution is -2.21. The van der Waals surface area contributed by atoms with Crippen molar-refractivity contribution in [3.05, 3.63) is 64.7 Å². The first-order valence-corrected chi connectivity index (χ1v) is 6.58. The van der Waals surface area contributed by atoms with Gasteiger partial charge in [0.25, 0.3) is 5.88 Å². The predicted molar refractivity (Wildman–Crippen MR) is 77.5 cm³/mol. The van der Waals surface area contributed by atoms with E-state index in [4.69, 9.17) is 10.3 Å². The third kappa shape index (κ3) is 1.54. The number of carbonyl (C=O) groups excluding carboxylic acids is 2. The minimum Gasteiger partial charge on any atom is -0.366 e. The Morgan fingerprint density at radius 2 is 1.45 bits per heavy atom. The van der Waals surface area contributed by atoms with E-state index in [1.807, 2.05) is 0 Å². The number of ketones is 2. The van der Waals surface area contributed by atoms with Crippen molar-refractivity contribution in [3.8, 4) is 11.3 Å². The number of nitrogens with two attached hydrogens (primary N) is 1. The lowest BCUT2D eigenvalue weighted by molar-refractivity contribution is 0.0979. The van der Waals surface area contributed by atoms with Crippen molar-refractivity contribution in [1.29, 1.82) is 0 Å². The first kappa shape index (κ1) is 12.5. The van der Waals surface area contributed by atoms with Crippen LogP contribution in [0.1, 0.15) is 31.8 Å². The van der Waals surface area contributed by atoms with Crippen LogP contribution in [0.5, 0.6) is 0 Å². The zero-order valence-corrected chi connectivity index (χ0v) is 11.2. The number of nitrogen functional groups attached to an aromatic ring is 1. The fourth-order valence-electron chi connectivity index (χ4n) is 2.73. The van der Waals surface area contributed by atoms with Gasteiger partial charge < -0.3 is 10.3 Å². The average Bonchev–Trinajstić information content (AvgIpc) is 2.98. The van der Waals surface area contributed by atoms with Crippen LogP contribution in [0.25, 0.3) is 11.3 Å². The maximum atomic E-state index is 12.8. The van der Waals surface area contributed by atoms with E-state index in [0.29, 0.717) is 22.3 Å². The summed E-state index contributed by atoms with van der Waals surface area (Å²) < 4.78 is 4.76.